The van der Waals surface area contributed by atoms with Crippen LogP contribution in [0.25, 0.3) is 11.1 Å². The highest BCUT2D eigenvalue weighted by atomic mass is 19.4. The Morgan fingerprint density at radius 2 is 0.970 bits per heavy atom. The van der Waals surface area contributed by atoms with E-state index in [4.69, 9.17) is 61.0 Å². The molecular weight excluding hydrogens is 961 g/mol. The number of rotatable bonds is 4. The lowest BCUT2D eigenvalue weighted by molar-refractivity contribution is -0.193. The maximum Gasteiger partial charge on any atom is 0.490 e. The predicted octanol–water partition coefficient (Wildman–Crippen LogP) is 3.91. The average molecular weight is 995 g/mol. The van der Waals surface area contributed by atoms with E-state index in [0.29, 0.717) is 31.4 Å². The molecule has 0 saturated heterocycles. The van der Waals surface area contributed by atoms with Crippen LogP contribution in [0, 0.1) is 0 Å². The number of aliphatic carboxylic acids is 5. The van der Waals surface area contributed by atoms with E-state index in [1.807, 2.05) is 30.3 Å². The molecule has 3 rings (SSSR count). The Hall–Kier alpha value is -7.09. The number of carbonyl (C=O) groups is 8. The number of fused-ring (bicyclic) bond motifs is 5. The van der Waals surface area contributed by atoms with Crippen molar-refractivity contribution in [2.45, 2.75) is 75.1 Å². The van der Waals surface area contributed by atoms with E-state index < -0.39 is 84.6 Å². The van der Waals surface area contributed by atoms with Crippen molar-refractivity contribution in [3.8, 4) is 16.9 Å². The van der Waals surface area contributed by atoms with Crippen molar-refractivity contribution in [1.29, 1.82) is 0 Å². The number of nitrogens with one attached hydrogen (secondary N) is 2. The number of primary amides is 1. The van der Waals surface area contributed by atoms with Crippen molar-refractivity contribution in [3.63, 3.8) is 0 Å². The number of alkyl halides is 15. The van der Waals surface area contributed by atoms with Crippen molar-refractivity contribution < 1.29 is 135 Å². The number of halogens is 15. The van der Waals surface area contributed by atoms with Crippen LogP contribution >= 0.6 is 0 Å². The molecule has 374 valence electrons. The summed E-state index contributed by atoms with van der Waals surface area (Å²) in [5, 5.41) is 51.3. The minimum absolute atomic E-state index is 0.0999. The SMILES string of the molecule is NCCCC1NC(=O)CCc2cc(ccc2O)-c2cccc(c2)CC(C(N)=O)NC1=O.O=C(O)C(F)(F)F.O=C(O)C(F)(F)F.O=C(O)C(F)(F)F.O=C(O)C(F)(F)F.O=C(O)C(F)(F)F. The first-order chi connectivity index (χ1) is 29.6. The van der Waals surface area contributed by atoms with Gasteiger partial charge >= 0.3 is 60.7 Å². The minimum Gasteiger partial charge on any atom is -0.508 e. The Morgan fingerprint density at radius 3 is 1.32 bits per heavy atom. The zero-order valence-electron chi connectivity index (χ0n) is 32.2. The first-order valence-corrected chi connectivity index (χ1v) is 16.6. The number of carbonyl (C=O) groups excluding carboxylic acids is 3. The van der Waals surface area contributed by atoms with Crippen molar-refractivity contribution in [3.05, 3.63) is 53.6 Å². The number of nitrogens with two attached hydrogens (primary N) is 2. The number of phenols is 1. The number of phenolic OH excluding ortho intramolecular Hbond substituents is 1. The van der Waals surface area contributed by atoms with Crippen molar-refractivity contribution >= 4 is 47.6 Å². The van der Waals surface area contributed by atoms with Gasteiger partial charge in [0.25, 0.3) is 0 Å². The van der Waals surface area contributed by atoms with Crippen molar-refractivity contribution in [2.24, 2.45) is 11.5 Å². The van der Waals surface area contributed by atoms with Crippen molar-refractivity contribution in [1.82, 2.24) is 10.6 Å². The molecule has 0 saturated carbocycles. The molecule has 2 atom stereocenters. The summed E-state index contributed by atoms with van der Waals surface area (Å²) in [7, 11) is 0. The Balaban J connectivity index is -0.000000914. The van der Waals surface area contributed by atoms with Gasteiger partial charge < -0.3 is 52.7 Å². The number of aryl methyl sites for hydroxylation is 1. The Bertz CT molecular complexity index is 1830. The van der Waals surface area contributed by atoms with Crippen LogP contribution in [0.2, 0.25) is 0 Å². The lowest BCUT2D eigenvalue weighted by atomic mass is 9.96. The average Bonchev–Trinajstić information content (AvgIpc) is 3.15. The molecule has 18 nitrogen and oxygen atoms in total. The maximum absolute atomic E-state index is 12.8. The van der Waals surface area contributed by atoms with E-state index in [1.54, 1.807) is 12.1 Å². The number of carboxylic acids is 5. The van der Waals surface area contributed by atoms with Gasteiger partial charge in [-0.15, -0.1) is 0 Å². The highest BCUT2D eigenvalue weighted by molar-refractivity contribution is 5.92. The molecule has 0 aromatic heterocycles. The number of aromatic hydroxyl groups is 1. The summed E-state index contributed by atoms with van der Waals surface area (Å²) in [5.74, 6) is -15.1. The van der Waals surface area contributed by atoms with Gasteiger partial charge in [-0.25, -0.2) is 24.0 Å². The third-order valence-electron chi connectivity index (χ3n) is 6.62. The highest BCUT2D eigenvalue weighted by Crippen LogP contribution is 2.28. The zero-order valence-corrected chi connectivity index (χ0v) is 32.2. The van der Waals surface area contributed by atoms with E-state index in [1.165, 1.54) is 0 Å². The van der Waals surface area contributed by atoms with Crippen LogP contribution < -0.4 is 22.1 Å². The fraction of sp³-hybridized carbons (Fsp3) is 0.394. The number of hydrogen-bond donors (Lipinski definition) is 10. The zero-order chi connectivity index (χ0) is 52.8. The molecule has 66 heavy (non-hydrogen) atoms. The highest BCUT2D eigenvalue weighted by Gasteiger charge is 2.40. The molecule has 1 heterocycles. The van der Waals surface area contributed by atoms with Crippen LogP contribution in [0.5, 0.6) is 5.75 Å². The number of hydrogen-bond acceptors (Lipinski definition) is 10. The summed E-state index contributed by atoms with van der Waals surface area (Å²) >= 11 is 0. The van der Waals surface area contributed by atoms with Crippen LogP contribution in [0.1, 0.15) is 30.4 Å². The third-order valence-corrected chi connectivity index (χ3v) is 6.62. The summed E-state index contributed by atoms with van der Waals surface area (Å²) in [5.41, 5.74) is 14.4. The molecule has 33 heteroatoms. The lowest BCUT2D eigenvalue weighted by Gasteiger charge is -2.22. The topological polar surface area (TPSA) is 334 Å². The summed E-state index contributed by atoms with van der Waals surface area (Å²) in [6, 6.07) is 11.1. The molecule has 4 bridgehead atoms. The smallest absolute Gasteiger partial charge is 0.490 e. The van der Waals surface area contributed by atoms with Gasteiger partial charge in [0.15, 0.2) is 0 Å². The molecule has 2 aromatic rings. The van der Waals surface area contributed by atoms with Gasteiger partial charge in [0, 0.05) is 12.8 Å². The van der Waals surface area contributed by atoms with Crippen LogP contribution in [0.15, 0.2) is 42.5 Å². The third kappa shape index (κ3) is 28.6. The molecule has 0 spiro atoms. The number of carboxylic acid groups (broad SMARTS) is 5. The van der Waals surface area contributed by atoms with Crippen LogP contribution in [0.4, 0.5) is 65.9 Å². The first kappa shape index (κ1) is 63.2. The molecule has 0 radical (unpaired) electrons. The van der Waals surface area contributed by atoms with Gasteiger partial charge in [0.1, 0.15) is 17.8 Å². The Morgan fingerprint density at radius 1 is 0.591 bits per heavy atom. The summed E-state index contributed by atoms with van der Waals surface area (Å²) in [6.07, 6.45) is -23.9. The predicted molar refractivity (Wildman–Crippen MR) is 185 cm³/mol. The summed E-state index contributed by atoms with van der Waals surface area (Å²) < 4.78 is 159. The molecular formula is C33H33F15N4O14. The second-order valence-electron chi connectivity index (χ2n) is 11.8. The van der Waals surface area contributed by atoms with E-state index in [0.717, 1.165) is 16.7 Å². The summed E-state index contributed by atoms with van der Waals surface area (Å²) in [4.78, 5) is 81.9. The van der Waals surface area contributed by atoms with E-state index >= 15 is 0 Å². The fourth-order valence-corrected chi connectivity index (χ4v) is 3.68. The Kier molecular flexibility index (Phi) is 26.1. The number of amides is 3. The van der Waals surface area contributed by atoms with Crippen LogP contribution in [-0.2, 0) is 51.2 Å². The largest absolute Gasteiger partial charge is 0.508 e. The Labute approximate surface area is 356 Å². The van der Waals surface area contributed by atoms with E-state index in [9.17, 15) is 85.3 Å². The lowest BCUT2D eigenvalue weighted by Crippen LogP contribution is -2.53. The molecule has 2 aromatic carbocycles. The molecule has 3 amide bonds. The van der Waals surface area contributed by atoms with Crippen molar-refractivity contribution in [2.75, 3.05) is 6.54 Å². The minimum atomic E-state index is -5.08. The van der Waals surface area contributed by atoms with Gasteiger partial charge in [-0.2, -0.15) is 65.9 Å². The number of benzene rings is 2. The normalized spacial score (nSPS) is 15.2. The quantitative estimate of drug-likeness (QED) is 0.194. The molecule has 0 fully saturated rings. The molecule has 1 aliphatic rings. The van der Waals surface area contributed by atoms with Gasteiger partial charge in [-0.3, -0.25) is 14.4 Å². The maximum atomic E-state index is 12.8. The second-order valence-corrected chi connectivity index (χ2v) is 11.8. The summed E-state index contributed by atoms with van der Waals surface area (Å²) in [6.45, 7) is 0.367. The van der Waals surface area contributed by atoms with Gasteiger partial charge in [-0.1, -0.05) is 30.3 Å². The first-order valence-electron chi connectivity index (χ1n) is 16.6. The molecule has 1 aliphatic heterocycles. The van der Waals surface area contributed by atoms with Crippen LogP contribution in [-0.4, -0.2) is 128 Å². The second kappa shape index (κ2) is 27.3. The molecule has 2 unspecified atom stereocenters. The van der Waals surface area contributed by atoms with Gasteiger partial charge in [-0.05, 0) is 60.2 Å². The van der Waals surface area contributed by atoms with Gasteiger partial charge in [0.05, 0.1) is 0 Å². The molecule has 0 aliphatic carbocycles. The molecule has 12 N–H and O–H groups in total. The van der Waals surface area contributed by atoms with E-state index in [2.05, 4.69) is 10.6 Å². The standard InChI is InChI=1S/C23H28N4O4.5C2HF3O2/c24-10-2-5-18-23(31)27-19(22(25)30)12-14-3-1-4-15(11-14)16-6-8-20(28)17(13-16)7-9-21(29)26-18;5*3-2(4,5)1(6)7/h1,3-4,6,8,11,13,18-19,28H,2,5,7,9-10,12,24H2,(H2,25,30)(H,26,29)(H,27,31);5*(H,6,7). The van der Waals surface area contributed by atoms with E-state index in [-0.39, 0.29) is 24.5 Å². The fourth-order valence-electron chi connectivity index (χ4n) is 3.68. The van der Waals surface area contributed by atoms with Crippen LogP contribution in [0.3, 0.4) is 0 Å². The monoisotopic (exact) mass is 994 g/mol. The van der Waals surface area contributed by atoms with Gasteiger partial charge in [0.2, 0.25) is 17.7 Å².